The van der Waals surface area contributed by atoms with E-state index in [1.165, 1.54) is 17.8 Å². The number of aliphatic carboxylic acids is 1. The van der Waals surface area contributed by atoms with Crippen LogP contribution in [0.3, 0.4) is 0 Å². The summed E-state index contributed by atoms with van der Waals surface area (Å²) < 4.78 is 13.2. The summed E-state index contributed by atoms with van der Waals surface area (Å²) in [5, 5.41) is 8.42. The maximum absolute atomic E-state index is 13.2. The molecule has 0 amide bonds. The number of carboxylic acid groups (broad SMARTS) is 1. The van der Waals surface area contributed by atoms with Gasteiger partial charge in [-0.05, 0) is 12.1 Å². The van der Waals surface area contributed by atoms with Crippen LogP contribution >= 0.6 is 23.5 Å². The number of hydrogen-bond donors (Lipinski definition) is 1. The molecule has 0 spiro atoms. The summed E-state index contributed by atoms with van der Waals surface area (Å²) in [5.41, 5.74) is 0. The monoisotopic (exact) mass is 260 g/mol. The van der Waals surface area contributed by atoms with Crippen molar-refractivity contribution in [2.75, 3.05) is 17.3 Å². The molecule has 0 atom stereocenters. The molecular formula is C11H13FO2S2. The summed E-state index contributed by atoms with van der Waals surface area (Å²) in [5.74, 6) is 1.29. The standard InChI is InChI=1S/C11H13FO2S2/c12-9-3-1-2-4-10(9)16-8-7-15-6-5-11(13)14/h1-4H,5-8H2,(H,13,14). The lowest BCUT2D eigenvalue weighted by Gasteiger charge is -2.02. The van der Waals surface area contributed by atoms with Crippen molar-refractivity contribution in [1.29, 1.82) is 0 Å². The molecule has 0 radical (unpaired) electrons. The quantitative estimate of drug-likeness (QED) is 0.603. The third-order valence-electron chi connectivity index (χ3n) is 1.78. The zero-order valence-corrected chi connectivity index (χ0v) is 10.3. The lowest BCUT2D eigenvalue weighted by molar-refractivity contribution is -0.136. The van der Waals surface area contributed by atoms with Crippen LogP contribution in [0.15, 0.2) is 29.2 Å². The van der Waals surface area contributed by atoms with Crippen LogP contribution in [-0.4, -0.2) is 28.3 Å². The van der Waals surface area contributed by atoms with Gasteiger partial charge in [0.15, 0.2) is 0 Å². The van der Waals surface area contributed by atoms with Gasteiger partial charge in [0, 0.05) is 22.2 Å². The molecule has 1 aromatic carbocycles. The number of carboxylic acids is 1. The molecule has 2 nitrogen and oxygen atoms in total. The molecule has 0 aliphatic carbocycles. The molecule has 1 N–H and O–H groups in total. The largest absolute Gasteiger partial charge is 0.481 e. The lowest BCUT2D eigenvalue weighted by Crippen LogP contribution is -1.97. The zero-order chi connectivity index (χ0) is 11.8. The molecular weight excluding hydrogens is 247 g/mol. The van der Waals surface area contributed by atoms with E-state index in [1.807, 2.05) is 6.07 Å². The van der Waals surface area contributed by atoms with E-state index in [9.17, 15) is 9.18 Å². The van der Waals surface area contributed by atoms with E-state index in [0.29, 0.717) is 10.6 Å². The molecule has 0 fully saturated rings. The van der Waals surface area contributed by atoms with Gasteiger partial charge in [-0.25, -0.2) is 4.39 Å². The summed E-state index contributed by atoms with van der Waals surface area (Å²) in [4.78, 5) is 10.9. The van der Waals surface area contributed by atoms with Crippen molar-refractivity contribution in [1.82, 2.24) is 0 Å². The lowest BCUT2D eigenvalue weighted by atomic mass is 10.3. The minimum Gasteiger partial charge on any atom is -0.481 e. The van der Waals surface area contributed by atoms with Gasteiger partial charge in [-0.1, -0.05) is 12.1 Å². The van der Waals surface area contributed by atoms with Crippen LogP contribution in [-0.2, 0) is 4.79 Å². The third kappa shape index (κ3) is 5.42. The molecule has 5 heteroatoms. The summed E-state index contributed by atoms with van der Waals surface area (Å²) in [6.45, 7) is 0. The van der Waals surface area contributed by atoms with Crippen molar-refractivity contribution in [3.05, 3.63) is 30.1 Å². The number of thioether (sulfide) groups is 2. The van der Waals surface area contributed by atoms with E-state index < -0.39 is 5.97 Å². The Bertz CT molecular complexity index is 345. The van der Waals surface area contributed by atoms with Gasteiger partial charge in [0.05, 0.1) is 6.42 Å². The van der Waals surface area contributed by atoms with Gasteiger partial charge < -0.3 is 5.11 Å². The molecule has 0 aliphatic heterocycles. The van der Waals surface area contributed by atoms with E-state index in [0.717, 1.165) is 11.5 Å². The molecule has 88 valence electrons. The van der Waals surface area contributed by atoms with Gasteiger partial charge >= 0.3 is 5.97 Å². The first kappa shape index (κ1) is 13.4. The number of carbonyl (C=O) groups is 1. The third-order valence-corrected chi connectivity index (χ3v) is 4.08. The highest BCUT2D eigenvalue weighted by molar-refractivity contribution is 8.02. The highest BCUT2D eigenvalue weighted by atomic mass is 32.2. The van der Waals surface area contributed by atoms with Crippen LogP contribution in [0, 0.1) is 5.82 Å². The van der Waals surface area contributed by atoms with E-state index in [1.54, 1.807) is 23.9 Å². The van der Waals surface area contributed by atoms with Crippen LogP contribution in [0.1, 0.15) is 6.42 Å². The first-order chi connectivity index (χ1) is 7.70. The molecule has 0 saturated carbocycles. The summed E-state index contributed by atoms with van der Waals surface area (Å²) >= 11 is 3.05. The molecule has 1 aromatic rings. The molecule has 0 aromatic heterocycles. The smallest absolute Gasteiger partial charge is 0.304 e. The second-order valence-corrected chi connectivity index (χ2v) is 5.40. The van der Waals surface area contributed by atoms with E-state index in [-0.39, 0.29) is 12.2 Å². The average molecular weight is 260 g/mol. The Labute approximate surface area is 103 Å². The maximum atomic E-state index is 13.2. The van der Waals surface area contributed by atoms with Gasteiger partial charge in [0.25, 0.3) is 0 Å². The molecule has 0 unspecified atom stereocenters. The highest BCUT2D eigenvalue weighted by Crippen LogP contribution is 2.22. The van der Waals surface area contributed by atoms with Crippen molar-refractivity contribution in [3.63, 3.8) is 0 Å². The summed E-state index contributed by atoms with van der Waals surface area (Å²) in [6, 6.07) is 6.67. The second-order valence-electron chi connectivity index (χ2n) is 3.03. The molecule has 0 heterocycles. The van der Waals surface area contributed by atoms with Gasteiger partial charge in [-0.15, -0.1) is 11.8 Å². The van der Waals surface area contributed by atoms with Gasteiger partial charge in [0.2, 0.25) is 0 Å². The fourth-order valence-corrected chi connectivity index (χ4v) is 2.96. The van der Waals surface area contributed by atoms with Gasteiger partial charge in [-0.3, -0.25) is 4.79 Å². The number of rotatable bonds is 7. The minimum absolute atomic E-state index is 0.190. The normalized spacial score (nSPS) is 10.3. The van der Waals surface area contributed by atoms with Crippen LogP contribution < -0.4 is 0 Å². The molecule has 0 saturated heterocycles. The van der Waals surface area contributed by atoms with Crippen LogP contribution in [0.2, 0.25) is 0 Å². The molecule has 1 rings (SSSR count). The van der Waals surface area contributed by atoms with E-state index in [2.05, 4.69) is 0 Å². The second kappa shape index (κ2) is 7.57. The van der Waals surface area contributed by atoms with Crippen molar-refractivity contribution < 1.29 is 14.3 Å². The van der Waals surface area contributed by atoms with Crippen molar-refractivity contribution in [3.8, 4) is 0 Å². The highest BCUT2D eigenvalue weighted by Gasteiger charge is 2.01. The summed E-state index contributed by atoms with van der Waals surface area (Å²) in [7, 11) is 0. The fraction of sp³-hybridized carbons (Fsp3) is 0.364. The Morgan fingerprint density at radius 2 is 2.00 bits per heavy atom. The number of benzene rings is 1. The number of hydrogen-bond acceptors (Lipinski definition) is 3. The molecule has 0 aliphatic rings. The molecule has 16 heavy (non-hydrogen) atoms. The maximum Gasteiger partial charge on any atom is 0.304 e. The predicted molar refractivity (Wildman–Crippen MR) is 66.7 cm³/mol. The Balaban J connectivity index is 2.12. The van der Waals surface area contributed by atoms with Crippen molar-refractivity contribution in [2.24, 2.45) is 0 Å². The Morgan fingerprint density at radius 3 is 2.69 bits per heavy atom. The summed E-state index contributed by atoms with van der Waals surface area (Å²) in [6.07, 6.45) is 0.190. The minimum atomic E-state index is -0.769. The zero-order valence-electron chi connectivity index (χ0n) is 8.69. The van der Waals surface area contributed by atoms with Gasteiger partial charge in [0.1, 0.15) is 5.82 Å². The first-order valence-electron chi connectivity index (χ1n) is 4.87. The van der Waals surface area contributed by atoms with Gasteiger partial charge in [-0.2, -0.15) is 11.8 Å². The topological polar surface area (TPSA) is 37.3 Å². The van der Waals surface area contributed by atoms with Crippen LogP contribution in [0.4, 0.5) is 4.39 Å². The van der Waals surface area contributed by atoms with Crippen LogP contribution in [0.25, 0.3) is 0 Å². The van der Waals surface area contributed by atoms with Crippen molar-refractivity contribution in [2.45, 2.75) is 11.3 Å². The van der Waals surface area contributed by atoms with Crippen LogP contribution in [0.5, 0.6) is 0 Å². The Morgan fingerprint density at radius 1 is 1.25 bits per heavy atom. The number of halogens is 1. The average Bonchev–Trinajstić information content (AvgIpc) is 2.25. The fourth-order valence-electron chi connectivity index (χ4n) is 1.03. The SMILES string of the molecule is O=C(O)CCSCCSc1ccccc1F. The Kier molecular flexibility index (Phi) is 6.33. The van der Waals surface area contributed by atoms with E-state index in [4.69, 9.17) is 5.11 Å². The first-order valence-corrected chi connectivity index (χ1v) is 7.01. The molecule has 0 bridgehead atoms. The van der Waals surface area contributed by atoms with Crippen molar-refractivity contribution >= 4 is 29.5 Å². The predicted octanol–water partition coefficient (Wildman–Crippen LogP) is 3.13. The Hall–Kier alpha value is -0.680. The van der Waals surface area contributed by atoms with E-state index >= 15 is 0 Å².